The lowest BCUT2D eigenvalue weighted by molar-refractivity contribution is 0.411. The summed E-state index contributed by atoms with van der Waals surface area (Å²) in [6.07, 6.45) is 2.32. The molecule has 0 N–H and O–H groups in total. The number of hydrogen-bond donors (Lipinski definition) is 0. The zero-order chi connectivity index (χ0) is 12.1. The number of rotatable bonds is 5. The first kappa shape index (κ1) is 13.4. The Kier molecular flexibility index (Phi) is 5.14. The van der Waals surface area contributed by atoms with Gasteiger partial charge in [-0.25, -0.2) is 0 Å². The van der Waals surface area contributed by atoms with Gasteiger partial charge in [-0.2, -0.15) is 0 Å². The van der Waals surface area contributed by atoms with Crippen LogP contribution in [-0.2, 0) is 0 Å². The van der Waals surface area contributed by atoms with Gasteiger partial charge in [0.25, 0.3) is 0 Å². The highest BCUT2D eigenvalue weighted by Gasteiger charge is 2.14. The molecular weight excluding hydrogens is 220 g/mol. The maximum absolute atomic E-state index is 6.05. The van der Waals surface area contributed by atoms with Gasteiger partial charge in [0.15, 0.2) is 0 Å². The van der Waals surface area contributed by atoms with E-state index in [9.17, 15) is 0 Å². The van der Waals surface area contributed by atoms with Gasteiger partial charge in [0.1, 0.15) is 5.75 Å². The van der Waals surface area contributed by atoms with Gasteiger partial charge in [-0.05, 0) is 48.9 Å². The first-order chi connectivity index (χ1) is 7.63. The van der Waals surface area contributed by atoms with E-state index < -0.39 is 0 Å². The summed E-state index contributed by atoms with van der Waals surface area (Å²) in [4.78, 5) is 0. The summed E-state index contributed by atoms with van der Waals surface area (Å²) in [5.41, 5.74) is 3.84. The Labute approximate surface area is 104 Å². The molecule has 0 saturated heterocycles. The number of methoxy groups -OCH3 is 1. The zero-order valence-electron chi connectivity index (χ0n) is 10.6. The van der Waals surface area contributed by atoms with Gasteiger partial charge < -0.3 is 4.74 Å². The van der Waals surface area contributed by atoms with Gasteiger partial charge >= 0.3 is 0 Å². The van der Waals surface area contributed by atoms with Crippen molar-refractivity contribution in [3.63, 3.8) is 0 Å². The zero-order valence-corrected chi connectivity index (χ0v) is 11.4. The minimum absolute atomic E-state index is 0.469. The minimum atomic E-state index is 0.469. The van der Waals surface area contributed by atoms with Crippen LogP contribution in [0.25, 0.3) is 0 Å². The smallest absolute Gasteiger partial charge is 0.122 e. The first-order valence-electron chi connectivity index (χ1n) is 5.85. The average molecular weight is 241 g/mol. The highest BCUT2D eigenvalue weighted by atomic mass is 35.5. The molecule has 0 heterocycles. The summed E-state index contributed by atoms with van der Waals surface area (Å²) < 4.78 is 5.32. The molecular formula is C14H21ClO. The Bertz CT molecular complexity index is 347. The normalized spacial score (nSPS) is 12.6. The monoisotopic (exact) mass is 240 g/mol. The van der Waals surface area contributed by atoms with E-state index in [0.29, 0.717) is 11.8 Å². The molecule has 1 rings (SSSR count). The van der Waals surface area contributed by atoms with Crippen LogP contribution in [0.4, 0.5) is 0 Å². The van der Waals surface area contributed by atoms with Gasteiger partial charge in [-0.15, -0.1) is 11.6 Å². The van der Waals surface area contributed by atoms with E-state index in [1.54, 1.807) is 7.11 Å². The van der Waals surface area contributed by atoms with E-state index in [1.807, 2.05) is 0 Å². The quantitative estimate of drug-likeness (QED) is 0.692. The van der Waals surface area contributed by atoms with E-state index in [0.717, 1.165) is 12.2 Å². The van der Waals surface area contributed by atoms with Crippen LogP contribution in [-0.4, -0.2) is 13.0 Å². The Morgan fingerprint density at radius 2 is 1.94 bits per heavy atom. The second-order valence-electron chi connectivity index (χ2n) is 4.32. The molecule has 0 aliphatic carbocycles. The number of alkyl halides is 1. The van der Waals surface area contributed by atoms with Crippen molar-refractivity contribution in [2.75, 3.05) is 13.0 Å². The molecule has 90 valence electrons. The van der Waals surface area contributed by atoms with Crippen molar-refractivity contribution >= 4 is 11.6 Å². The van der Waals surface area contributed by atoms with Crippen molar-refractivity contribution < 1.29 is 4.74 Å². The lowest BCUT2D eigenvalue weighted by Crippen LogP contribution is -2.04. The third kappa shape index (κ3) is 2.91. The molecule has 2 heteroatoms. The molecule has 0 saturated carbocycles. The third-order valence-electron chi connectivity index (χ3n) is 3.05. The molecule has 1 atom stereocenters. The number of halogens is 1. The highest BCUT2D eigenvalue weighted by Crippen LogP contribution is 2.30. The summed E-state index contributed by atoms with van der Waals surface area (Å²) in [6, 6.07) is 4.33. The van der Waals surface area contributed by atoms with Gasteiger partial charge in [0, 0.05) is 5.88 Å². The first-order valence-corrected chi connectivity index (χ1v) is 6.38. The minimum Gasteiger partial charge on any atom is -0.496 e. The largest absolute Gasteiger partial charge is 0.496 e. The van der Waals surface area contributed by atoms with E-state index in [-0.39, 0.29) is 0 Å². The van der Waals surface area contributed by atoms with E-state index in [2.05, 4.69) is 32.9 Å². The van der Waals surface area contributed by atoms with Crippen LogP contribution in [0, 0.1) is 13.8 Å². The van der Waals surface area contributed by atoms with Gasteiger partial charge in [-0.1, -0.05) is 19.4 Å². The van der Waals surface area contributed by atoms with E-state index in [1.165, 1.54) is 23.1 Å². The molecule has 0 amide bonds. The maximum atomic E-state index is 6.05. The van der Waals surface area contributed by atoms with Crippen LogP contribution >= 0.6 is 11.6 Å². The van der Waals surface area contributed by atoms with Gasteiger partial charge in [0.2, 0.25) is 0 Å². The van der Waals surface area contributed by atoms with Crippen LogP contribution in [0.1, 0.15) is 42.4 Å². The third-order valence-corrected chi connectivity index (χ3v) is 3.42. The summed E-state index contributed by atoms with van der Waals surface area (Å²) >= 11 is 6.05. The fraction of sp³-hybridized carbons (Fsp3) is 0.571. The average Bonchev–Trinajstić information content (AvgIpc) is 2.28. The number of aryl methyl sites for hydroxylation is 2. The molecule has 1 aromatic carbocycles. The summed E-state index contributed by atoms with van der Waals surface area (Å²) in [5, 5.41) is 0. The van der Waals surface area contributed by atoms with Crippen molar-refractivity contribution in [2.24, 2.45) is 0 Å². The predicted molar refractivity (Wildman–Crippen MR) is 70.8 cm³/mol. The molecule has 0 radical (unpaired) electrons. The van der Waals surface area contributed by atoms with Crippen molar-refractivity contribution in [1.82, 2.24) is 0 Å². The maximum Gasteiger partial charge on any atom is 0.122 e. The molecule has 1 unspecified atom stereocenters. The molecule has 0 aliphatic heterocycles. The van der Waals surface area contributed by atoms with Crippen LogP contribution in [0.2, 0.25) is 0 Å². The molecule has 0 spiro atoms. The molecule has 0 fully saturated rings. The fourth-order valence-corrected chi connectivity index (χ4v) is 2.46. The van der Waals surface area contributed by atoms with Crippen LogP contribution in [0.3, 0.4) is 0 Å². The number of ether oxygens (including phenoxy) is 1. The molecule has 16 heavy (non-hydrogen) atoms. The molecule has 1 nitrogen and oxygen atoms in total. The standard InChI is InChI=1S/C14H21ClO/c1-5-6-12(9-15)13-7-11(3)14(16-4)8-10(13)2/h7-8,12H,5-6,9H2,1-4H3. The summed E-state index contributed by atoms with van der Waals surface area (Å²) in [5.74, 6) is 2.13. The van der Waals surface area contributed by atoms with Crippen molar-refractivity contribution in [1.29, 1.82) is 0 Å². The van der Waals surface area contributed by atoms with Gasteiger partial charge in [0.05, 0.1) is 7.11 Å². The predicted octanol–water partition coefficient (Wildman–Crippen LogP) is 4.43. The topological polar surface area (TPSA) is 9.23 Å². The van der Waals surface area contributed by atoms with Crippen molar-refractivity contribution in [3.8, 4) is 5.75 Å². The second-order valence-corrected chi connectivity index (χ2v) is 4.63. The highest BCUT2D eigenvalue weighted by molar-refractivity contribution is 6.18. The number of benzene rings is 1. The van der Waals surface area contributed by atoms with Crippen LogP contribution in [0.15, 0.2) is 12.1 Å². The van der Waals surface area contributed by atoms with Crippen molar-refractivity contribution in [3.05, 3.63) is 28.8 Å². The van der Waals surface area contributed by atoms with Crippen LogP contribution < -0.4 is 4.74 Å². The van der Waals surface area contributed by atoms with E-state index in [4.69, 9.17) is 16.3 Å². The Morgan fingerprint density at radius 3 is 2.44 bits per heavy atom. The molecule has 0 aliphatic rings. The number of hydrogen-bond acceptors (Lipinski definition) is 1. The SMILES string of the molecule is CCCC(CCl)c1cc(C)c(OC)cc1C. The lowest BCUT2D eigenvalue weighted by Gasteiger charge is -2.18. The fourth-order valence-electron chi connectivity index (χ4n) is 2.14. The van der Waals surface area contributed by atoms with E-state index >= 15 is 0 Å². The Morgan fingerprint density at radius 1 is 1.25 bits per heavy atom. The molecule has 0 aromatic heterocycles. The second kappa shape index (κ2) is 6.15. The molecule has 0 bridgehead atoms. The summed E-state index contributed by atoms with van der Waals surface area (Å²) in [7, 11) is 1.71. The summed E-state index contributed by atoms with van der Waals surface area (Å²) in [6.45, 7) is 6.41. The Balaban J connectivity index is 3.08. The Hall–Kier alpha value is -0.690. The van der Waals surface area contributed by atoms with Crippen LogP contribution in [0.5, 0.6) is 5.75 Å². The molecule has 1 aromatic rings. The van der Waals surface area contributed by atoms with Crippen molar-refractivity contribution in [2.45, 2.75) is 39.5 Å². The van der Waals surface area contributed by atoms with Gasteiger partial charge in [-0.3, -0.25) is 0 Å². The lowest BCUT2D eigenvalue weighted by atomic mass is 9.91.